The van der Waals surface area contributed by atoms with Crippen LogP contribution in [0.15, 0.2) is 59.1 Å². The molecule has 0 radical (unpaired) electrons. The maximum absolute atomic E-state index is 13.2. The molecular formula is C26H31N5O4. The van der Waals surface area contributed by atoms with Crippen LogP contribution in [0.3, 0.4) is 0 Å². The summed E-state index contributed by atoms with van der Waals surface area (Å²) < 4.78 is 10.6. The van der Waals surface area contributed by atoms with Crippen molar-refractivity contribution < 1.29 is 18.8 Å². The Hall–Kier alpha value is -3.72. The van der Waals surface area contributed by atoms with Gasteiger partial charge in [0.25, 0.3) is 0 Å². The minimum Gasteiger partial charge on any atom is -0.495 e. The second-order valence-electron chi connectivity index (χ2n) is 9.09. The fourth-order valence-electron chi connectivity index (χ4n) is 4.19. The summed E-state index contributed by atoms with van der Waals surface area (Å²) in [6.07, 6.45) is -0.00159. The van der Waals surface area contributed by atoms with Gasteiger partial charge in [0.05, 0.1) is 31.2 Å². The lowest BCUT2D eigenvalue weighted by atomic mass is 9.83. The Labute approximate surface area is 205 Å². The molecule has 2 aromatic carbocycles. The molecule has 2 amide bonds. The Morgan fingerprint density at radius 1 is 1.03 bits per heavy atom. The Bertz CT molecular complexity index is 1150. The maximum Gasteiger partial charge on any atom is 0.240 e. The van der Waals surface area contributed by atoms with Crippen molar-refractivity contribution in [1.29, 1.82) is 0 Å². The lowest BCUT2D eigenvalue weighted by Gasteiger charge is -2.38. The van der Waals surface area contributed by atoms with Crippen LogP contribution in [0.1, 0.15) is 31.1 Å². The smallest absolute Gasteiger partial charge is 0.240 e. The summed E-state index contributed by atoms with van der Waals surface area (Å²) in [6, 6.07) is 17.1. The normalized spacial score (nSPS) is 14.5. The Morgan fingerprint density at radius 2 is 1.71 bits per heavy atom. The van der Waals surface area contributed by atoms with Gasteiger partial charge in [-0.3, -0.25) is 14.5 Å². The third-order valence-electron chi connectivity index (χ3n) is 6.26. The van der Waals surface area contributed by atoms with Gasteiger partial charge in [-0.25, -0.2) is 0 Å². The molecule has 1 aliphatic heterocycles. The highest BCUT2D eigenvalue weighted by Crippen LogP contribution is 2.26. The second kappa shape index (κ2) is 10.7. The molecule has 0 spiro atoms. The van der Waals surface area contributed by atoms with Crippen LogP contribution in [-0.2, 0) is 28.0 Å². The largest absolute Gasteiger partial charge is 0.495 e. The zero-order chi connectivity index (χ0) is 24.8. The number of amides is 2. The lowest BCUT2D eigenvalue weighted by molar-refractivity contribution is -0.138. The first kappa shape index (κ1) is 24.4. The van der Waals surface area contributed by atoms with Crippen LogP contribution in [0.2, 0.25) is 0 Å². The highest BCUT2D eigenvalue weighted by molar-refractivity contribution is 5.93. The Kier molecular flexibility index (Phi) is 7.45. The van der Waals surface area contributed by atoms with Crippen LogP contribution in [0.4, 0.5) is 5.69 Å². The first-order valence-electron chi connectivity index (χ1n) is 11.7. The molecule has 0 atom stereocenters. The van der Waals surface area contributed by atoms with Gasteiger partial charge in [-0.2, -0.15) is 4.98 Å². The average Bonchev–Trinajstić information content (AvgIpc) is 3.31. The van der Waals surface area contributed by atoms with E-state index in [2.05, 4.69) is 20.4 Å². The van der Waals surface area contributed by atoms with E-state index in [9.17, 15) is 9.59 Å². The van der Waals surface area contributed by atoms with Crippen molar-refractivity contribution in [3.05, 3.63) is 71.9 Å². The predicted molar refractivity (Wildman–Crippen MR) is 131 cm³/mol. The number of methoxy groups -OCH3 is 1. The number of aromatic nitrogens is 2. The standard InChI is InChI=1S/C26H31N5O4/c1-26(2,19-9-5-4-6-10-19)25(33)31-15-13-30(14-16-31)18-24-28-22(29-35-24)17-23(32)27-20-11-7-8-12-21(20)34-3/h4-12H,13-18H2,1-3H3,(H,27,32). The van der Waals surface area contributed by atoms with Gasteiger partial charge >= 0.3 is 0 Å². The van der Waals surface area contributed by atoms with E-state index < -0.39 is 5.41 Å². The summed E-state index contributed by atoms with van der Waals surface area (Å²) in [7, 11) is 1.55. The minimum absolute atomic E-state index is 0.00159. The van der Waals surface area contributed by atoms with Gasteiger partial charge < -0.3 is 19.5 Å². The number of para-hydroxylation sites is 2. The van der Waals surface area contributed by atoms with E-state index >= 15 is 0 Å². The summed E-state index contributed by atoms with van der Waals surface area (Å²) in [5.74, 6) is 1.24. The Balaban J connectivity index is 1.27. The fraction of sp³-hybridized carbons (Fsp3) is 0.385. The summed E-state index contributed by atoms with van der Waals surface area (Å²) in [5.41, 5.74) is 1.03. The van der Waals surface area contributed by atoms with Crippen LogP contribution in [0.5, 0.6) is 5.75 Å². The number of benzene rings is 2. The number of piperazine rings is 1. The summed E-state index contributed by atoms with van der Waals surface area (Å²) >= 11 is 0. The average molecular weight is 478 g/mol. The molecule has 1 fully saturated rings. The quantitative estimate of drug-likeness (QED) is 0.532. The molecule has 35 heavy (non-hydrogen) atoms. The van der Waals surface area contributed by atoms with E-state index in [-0.39, 0.29) is 18.2 Å². The van der Waals surface area contributed by atoms with Crippen LogP contribution in [0.25, 0.3) is 0 Å². The lowest BCUT2D eigenvalue weighted by Crippen LogP contribution is -2.52. The van der Waals surface area contributed by atoms with E-state index in [0.29, 0.717) is 55.9 Å². The van der Waals surface area contributed by atoms with Gasteiger partial charge in [-0.05, 0) is 31.5 Å². The van der Waals surface area contributed by atoms with E-state index in [1.54, 1.807) is 19.2 Å². The van der Waals surface area contributed by atoms with Gasteiger partial charge in [-0.1, -0.05) is 47.6 Å². The molecular weight excluding hydrogens is 446 g/mol. The minimum atomic E-state index is -0.574. The van der Waals surface area contributed by atoms with E-state index in [4.69, 9.17) is 9.26 Å². The molecule has 1 N–H and O–H groups in total. The molecule has 0 saturated carbocycles. The second-order valence-corrected chi connectivity index (χ2v) is 9.09. The maximum atomic E-state index is 13.2. The van der Waals surface area contributed by atoms with Gasteiger partial charge in [0.15, 0.2) is 5.82 Å². The molecule has 184 valence electrons. The third kappa shape index (κ3) is 5.86. The molecule has 1 saturated heterocycles. The van der Waals surface area contributed by atoms with Gasteiger partial charge in [0, 0.05) is 26.2 Å². The van der Waals surface area contributed by atoms with E-state index in [1.807, 2.05) is 61.2 Å². The fourth-order valence-corrected chi connectivity index (χ4v) is 4.19. The molecule has 4 rings (SSSR count). The van der Waals surface area contributed by atoms with Crippen LogP contribution in [0, 0.1) is 0 Å². The first-order chi connectivity index (χ1) is 16.9. The summed E-state index contributed by atoms with van der Waals surface area (Å²) in [5, 5.41) is 6.75. The first-order valence-corrected chi connectivity index (χ1v) is 11.7. The van der Waals surface area contributed by atoms with Crippen molar-refractivity contribution in [3.63, 3.8) is 0 Å². The van der Waals surface area contributed by atoms with Crippen LogP contribution < -0.4 is 10.1 Å². The molecule has 0 bridgehead atoms. The van der Waals surface area contributed by atoms with Gasteiger partial charge in [-0.15, -0.1) is 0 Å². The molecule has 2 heterocycles. The van der Waals surface area contributed by atoms with Crippen LogP contribution >= 0.6 is 0 Å². The van der Waals surface area contributed by atoms with Crippen molar-refractivity contribution in [2.75, 3.05) is 38.6 Å². The number of rotatable bonds is 8. The third-order valence-corrected chi connectivity index (χ3v) is 6.26. The van der Waals surface area contributed by atoms with Crippen molar-refractivity contribution in [2.45, 2.75) is 32.2 Å². The Morgan fingerprint density at radius 3 is 2.43 bits per heavy atom. The molecule has 0 aliphatic carbocycles. The molecule has 3 aromatic rings. The highest BCUT2D eigenvalue weighted by atomic mass is 16.5. The van der Waals surface area contributed by atoms with Crippen molar-refractivity contribution in [3.8, 4) is 5.75 Å². The number of carbonyl (C=O) groups is 2. The molecule has 9 heteroatoms. The zero-order valence-corrected chi connectivity index (χ0v) is 20.4. The highest BCUT2D eigenvalue weighted by Gasteiger charge is 2.35. The number of hydrogen-bond donors (Lipinski definition) is 1. The molecule has 9 nitrogen and oxygen atoms in total. The zero-order valence-electron chi connectivity index (χ0n) is 20.4. The number of carbonyl (C=O) groups excluding carboxylic acids is 2. The van der Waals surface area contributed by atoms with E-state index in [0.717, 1.165) is 5.56 Å². The SMILES string of the molecule is COc1ccccc1NC(=O)Cc1noc(CN2CCN(C(=O)C(C)(C)c3ccccc3)CC2)n1. The summed E-state index contributed by atoms with van der Waals surface area (Å²) in [6.45, 7) is 7.12. The number of anilines is 1. The molecule has 0 unspecified atom stereocenters. The van der Waals surface area contributed by atoms with Crippen molar-refractivity contribution in [2.24, 2.45) is 0 Å². The number of nitrogens with zero attached hydrogens (tertiary/aromatic N) is 4. The summed E-state index contributed by atoms with van der Waals surface area (Å²) in [4.78, 5) is 34.0. The van der Waals surface area contributed by atoms with Gasteiger partial charge in [0.2, 0.25) is 17.7 Å². The van der Waals surface area contributed by atoms with Crippen LogP contribution in [-0.4, -0.2) is 65.0 Å². The van der Waals surface area contributed by atoms with E-state index in [1.165, 1.54) is 0 Å². The number of nitrogens with one attached hydrogen (secondary N) is 1. The topological polar surface area (TPSA) is 101 Å². The predicted octanol–water partition coefficient (Wildman–Crippen LogP) is 2.88. The number of ether oxygens (including phenoxy) is 1. The molecule has 1 aliphatic rings. The molecule has 1 aromatic heterocycles. The van der Waals surface area contributed by atoms with Gasteiger partial charge in [0.1, 0.15) is 5.75 Å². The van der Waals surface area contributed by atoms with Crippen molar-refractivity contribution >= 4 is 17.5 Å². The monoisotopic (exact) mass is 477 g/mol. The number of hydrogen-bond acceptors (Lipinski definition) is 7. The van der Waals surface area contributed by atoms with Crippen molar-refractivity contribution in [1.82, 2.24) is 19.9 Å².